The van der Waals surface area contributed by atoms with Gasteiger partial charge < -0.3 is 5.11 Å². The van der Waals surface area contributed by atoms with Gasteiger partial charge >= 0.3 is 0 Å². The zero-order chi connectivity index (χ0) is 11.0. The van der Waals surface area contributed by atoms with Gasteiger partial charge in [-0.2, -0.15) is 0 Å². The van der Waals surface area contributed by atoms with Crippen molar-refractivity contribution in [2.75, 3.05) is 13.1 Å². The van der Waals surface area contributed by atoms with E-state index in [0.717, 1.165) is 6.42 Å². The molecule has 2 aliphatic carbocycles. The summed E-state index contributed by atoms with van der Waals surface area (Å²) in [6.45, 7) is 2.54. The smallest absolute Gasteiger partial charge is 0.0695 e. The number of aliphatic hydroxyl groups is 1. The highest BCUT2D eigenvalue weighted by molar-refractivity contribution is 4.97. The van der Waals surface area contributed by atoms with Gasteiger partial charge in [0.25, 0.3) is 0 Å². The quantitative estimate of drug-likeness (QED) is 0.738. The van der Waals surface area contributed by atoms with E-state index in [1.54, 1.807) is 0 Å². The van der Waals surface area contributed by atoms with Gasteiger partial charge in [0.15, 0.2) is 0 Å². The standard InChI is InChI=1S/C14H25NO/c16-13-6-2-1-5-12(13)15-10-9-14(11-15)7-3-4-8-14/h12-13,16H,1-11H2. The molecule has 0 bridgehead atoms. The lowest BCUT2D eigenvalue weighted by molar-refractivity contribution is 0.0258. The summed E-state index contributed by atoms with van der Waals surface area (Å²) in [7, 11) is 0. The molecule has 2 saturated carbocycles. The first-order valence-corrected chi connectivity index (χ1v) is 7.21. The molecule has 0 aromatic carbocycles. The molecule has 3 fully saturated rings. The van der Waals surface area contributed by atoms with Crippen LogP contribution in [0.3, 0.4) is 0 Å². The largest absolute Gasteiger partial charge is 0.391 e. The molecule has 1 spiro atoms. The van der Waals surface area contributed by atoms with Gasteiger partial charge in [-0.1, -0.05) is 25.7 Å². The zero-order valence-electron chi connectivity index (χ0n) is 10.3. The van der Waals surface area contributed by atoms with E-state index in [-0.39, 0.29) is 6.10 Å². The van der Waals surface area contributed by atoms with Crippen LogP contribution in [0.2, 0.25) is 0 Å². The summed E-state index contributed by atoms with van der Waals surface area (Å²) in [5.41, 5.74) is 0.664. The van der Waals surface area contributed by atoms with Crippen molar-refractivity contribution in [2.24, 2.45) is 5.41 Å². The molecule has 0 aromatic rings. The van der Waals surface area contributed by atoms with Crippen molar-refractivity contribution >= 4 is 0 Å². The van der Waals surface area contributed by atoms with Crippen LogP contribution in [-0.2, 0) is 0 Å². The lowest BCUT2D eigenvalue weighted by Crippen LogP contribution is -2.45. The fourth-order valence-corrected chi connectivity index (χ4v) is 4.30. The van der Waals surface area contributed by atoms with Crippen molar-refractivity contribution in [3.63, 3.8) is 0 Å². The van der Waals surface area contributed by atoms with Gasteiger partial charge in [-0.3, -0.25) is 4.90 Å². The van der Waals surface area contributed by atoms with E-state index in [9.17, 15) is 5.11 Å². The van der Waals surface area contributed by atoms with E-state index in [1.807, 2.05) is 0 Å². The van der Waals surface area contributed by atoms with Crippen LogP contribution in [0.4, 0.5) is 0 Å². The minimum atomic E-state index is -0.0368. The Kier molecular flexibility index (Phi) is 2.97. The summed E-state index contributed by atoms with van der Waals surface area (Å²) in [6, 6.07) is 0.494. The first-order chi connectivity index (χ1) is 7.79. The monoisotopic (exact) mass is 223 g/mol. The third-order valence-corrected chi connectivity index (χ3v) is 5.30. The van der Waals surface area contributed by atoms with E-state index >= 15 is 0 Å². The van der Waals surface area contributed by atoms with Crippen molar-refractivity contribution in [1.29, 1.82) is 0 Å². The summed E-state index contributed by atoms with van der Waals surface area (Å²) in [6.07, 6.45) is 12.0. The number of aliphatic hydroxyl groups excluding tert-OH is 1. The Morgan fingerprint density at radius 1 is 0.938 bits per heavy atom. The fourth-order valence-electron chi connectivity index (χ4n) is 4.30. The SMILES string of the molecule is OC1CCCCC1N1CCC2(CCCC2)C1. The maximum Gasteiger partial charge on any atom is 0.0695 e. The third-order valence-electron chi connectivity index (χ3n) is 5.30. The molecular weight excluding hydrogens is 198 g/mol. The Morgan fingerprint density at radius 3 is 2.44 bits per heavy atom. The third kappa shape index (κ3) is 1.91. The normalized spacial score (nSPS) is 39.6. The van der Waals surface area contributed by atoms with Gasteiger partial charge in [0.1, 0.15) is 0 Å². The zero-order valence-corrected chi connectivity index (χ0v) is 10.3. The Balaban J connectivity index is 1.63. The predicted molar refractivity (Wildman–Crippen MR) is 65.4 cm³/mol. The molecule has 1 saturated heterocycles. The van der Waals surface area contributed by atoms with Crippen molar-refractivity contribution in [2.45, 2.75) is 69.9 Å². The summed E-state index contributed by atoms with van der Waals surface area (Å²) >= 11 is 0. The van der Waals surface area contributed by atoms with Crippen LogP contribution in [0, 0.1) is 5.41 Å². The van der Waals surface area contributed by atoms with E-state index in [4.69, 9.17) is 0 Å². The second kappa shape index (κ2) is 4.30. The molecule has 1 N–H and O–H groups in total. The molecule has 2 atom stereocenters. The molecule has 0 amide bonds. The molecule has 2 nitrogen and oxygen atoms in total. The van der Waals surface area contributed by atoms with Gasteiger partial charge in [0, 0.05) is 12.6 Å². The number of rotatable bonds is 1. The van der Waals surface area contributed by atoms with Crippen LogP contribution in [0.15, 0.2) is 0 Å². The molecule has 1 heterocycles. The topological polar surface area (TPSA) is 23.5 Å². The van der Waals surface area contributed by atoms with Gasteiger partial charge in [-0.05, 0) is 44.1 Å². The highest BCUT2D eigenvalue weighted by atomic mass is 16.3. The second-order valence-corrected chi connectivity index (χ2v) is 6.35. The first kappa shape index (κ1) is 11.0. The van der Waals surface area contributed by atoms with Crippen molar-refractivity contribution in [1.82, 2.24) is 4.90 Å². The maximum atomic E-state index is 10.1. The number of hydrogen-bond acceptors (Lipinski definition) is 2. The van der Waals surface area contributed by atoms with E-state index in [2.05, 4.69) is 4.90 Å². The maximum absolute atomic E-state index is 10.1. The Morgan fingerprint density at radius 2 is 1.69 bits per heavy atom. The van der Waals surface area contributed by atoms with Gasteiger partial charge in [0.2, 0.25) is 0 Å². The van der Waals surface area contributed by atoms with Crippen molar-refractivity contribution in [3.8, 4) is 0 Å². The molecule has 3 aliphatic rings. The lowest BCUT2D eigenvalue weighted by Gasteiger charge is -2.36. The highest BCUT2D eigenvalue weighted by Gasteiger charge is 2.43. The highest BCUT2D eigenvalue weighted by Crippen LogP contribution is 2.46. The Bertz CT molecular complexity index is 247. The second-order valence-electron chi connectivity index (χ2n) is 6.35. The number of likely N-dealkylation sites (tertiary alicyclic amines) is 1. The van der Waals surface area contributed by atoms with Gasteiger partial charge in [-0.15, -0.1) is 0 Å². The Labute approximate surface area is 99.0 Å². The molecule has 2 heteroatoms. The Hall–Kier alpha value is -0.0800. The number of hydrogen-bond donors (Lipinski definition) is 1. The van der Waals surface area contributed by atoms with Crippen molar-refractivity contribution < 1.29 is 5.11 Å². The van der Waals surface area contributed by atoms with Gasteiger partial charge in [-0.25, -0.2) is 0 Å². The molecule has 0 radical (unpaired) electrons. The minimum absolute atomic E-state index is 0.0368. The summed E-state index contributed by atoms with van der Waals surface area (Å²) in [4.78, 5) is 2.62. The van der Waals surface area contributed by atoms with Crippen LogP contribution in [0.1, 0.15) is 57.8 Å². The van der Waals surface area contributed by atoms with Crippen LogP contribution in [0.25, 0.3) is 0 Å². The summed E-state index contributed by atoms with van der Waals surface area (Å²) < 4.78 is 0. The molecule has 0 aromatic heterocycles. The van der Waals surface area contributed by atoms with E-state index in [0.29, 0.717) is 11.5 Å². The molecule has 92 valence electrons. The summed E-state index contributed by atoms with van der Waals surface area (Å²) in [5, 5.41) is 10.1. The van der Waals surface area contributed by atoms with Crippen molar-refractivity contribution in [3.05, 3.63) is 0 Å². The predicted octanol–water partition coefficient (Wildman–Crippen LogP) is 2.56. The molecule has 3 rings (SSSR count). The minimum Gasteiger partial charge on any atom is -0.391 e. The summed E-state index contributed by atoms with van der Waals surface area (Å²) in [5.74, 6) is 0. The molecular formula is C14H25NO. The molecule has 16 heavy (non-hydrogen) atoms. The van der Waals surface area contributed by atoms with Gasteiger partial charge in [0.05, 0.1) is 6.10 Å². The van der Waals surface area contributed by atoms with Crippen LogP contribution >= 0.6 is 0 Å². The van der Waals surface area contributed by atoms with Crippen LogP contribution < -0.4 is 0 Å². The van der Waals surface area contributed by atoms with E-state index in [1.165, 1.54) is 64.5 Å². The van der Waals surface area contributed by atoms with E-state index < -0.39 is 0 Å². The molecule has 2 unspecified atom stereocenters. The molecule has 1 aliphatic heterocycles. The number of nitrogens with zero attached hydrogens (tertiary/aromatic N) is 1. The lowest BCUT2D eigenvalue weighted by atomic mass is 9.85. The van der Waals surface area contributed by atoms with Crippen LogP contribution in [-0.4, -0.2) is 35.2 Å². The fraction of sp³-hybridized carbons (Fsp3) is 1.00. The average Bonchev–Trinajstić information content (AvgIpc) is 2.91. The van der Waals surface area contributed by atoms with Crippen LogP contribution in [0.5, 0.6) is 0 Å². The first-order valence-electron chi connectivity index (χ1n) is 7.21. The average molecular weight is 223 g/mol.